The second kappa shape index (κ2) is 9.24. The van der Waals surface area contributed by atoms with Crippen LogP contribution in [-0.2, 0) is 9.53 Å². The first-order chi connectivity index (χ1) is 16.2. The molecule has 1 aliphatic heterocycles. The Morgan fingerprint density at radius 3 is 2.56 bits per heavy atom. The molecule has 1 aromatic heterocycles. The lowest BCUT2D eigenvalue weighted by Gasteiger charge is -2.24. The predicted molar refractivity (Wildman–Crippen MR) is 127 cm³/mol. The molecule has 0 radical (unpaired) electrons. The third kappa shape index (κ3) is 4.13. The molecule has 11 heteroatoms. The molecule has 0 aliphatic carbocycles. The van der Waals surface area contributed by atoms with Gasteiger partial charge in [0.2, 0.25) is 0 Å². The topological polar surface area (TPSA) is 113 Å². The summed E-state index contributed by atoms with van der Waals surface area (Å²) in [4.78, 5) is 41.9. The van der Waals surface area contributed by atoms with E-state index in [1.165, 1.54) is 23.8 Å². The van der Waals surface area contributed by atoms with Crippen LogP contribution in [0.5, 0.6) is 5.75 Å². The van der Waals surface area contributed by atoms with Crippen molar-refractivity contribution in [2.24, 2.45) is 4.99 Å². The first-order valence-electron chi connectivity index (χ1n) is 9.94. The largest absolute Gasteiger partial charge is 0.497 e. The van der Waals surface area contributed by atoms with Gasteiger partial charge >= 0.3 is 5.97 Å². The molecule has 1 unspecified atom stereocenters. The average molecular weight is 500 g/mol. The summed E-state index contributed by atoms with van der Waals surface area (Å²) in [6.07, 6.45) is 1.71. The van der Waals surface area contributed by atoms with E-state index < -0.39 is 22.5 Å². The van der Waals surface area contributed by atoms with Crippen molar-refractivity contribution in [2.45, 2.75) is 13.0 Å². The maximum Gasteiger partial charge on any atom is 0.338 e. The van der Waals surface area contributed by atoms with E-state index in [0.717, 1.165) is 16.9 Å². The minimum atomic E-state index is -0.974. The number of benzene rings is 2. The van der Waals surface area contributed by atoms with Gasteiger partial charge in [0.15, 0.2) is 4.80 Å². The number of nitro groups is 1. The number of rotatable bonds is 5. The van der Waals surface area contributed by atoms with Crippen LogP contribution < -0.4 is 19.6 Å². The molecular formula is C23H18ClN3O6S. The van der Waals surface area contributed by atoms with Crippen LogP contribution in [0, 0.1) is 10.1 Å². The second-order valence-corrected chi connectivity index (χ2v) is 8.73. The van der Waals surface area contributed by atoms with E-state index in [0.29, 0.717) is 26.3 Å². The average Bonchev–Trinajstić information content (AvgIpc) is 3.12. The number of methoxy groups -OCH3 is 2. The zero-order valence-electron chi connectivity index (χ0n) is 18.3. The molecule has 0 spiro atoms. The number of esters is 1. The number of carbonyl (C=O) groups is 1. The summed E-state index contributed by atoms with van der Waals surface area (Å²) < 4.78 is 11.8. The van der Waals surface area contributed by atoms with Crippen LogP contribution in [0.25, 0.3) is 6.08 Å². The zero-order valence-corrected chi connectivity index (χ0v) is 19.8. The van der Waals surface area contributed by atoms with E-state index in [4.69, 9.17) is 21.1 Å². The van der Waals surface area contributed by atoms with Gasteiger partial charge in [0, 0.05) is 6.07 Å². The van der Waals surface area contributed by atoms with Crippen molar-refractivity contribution in [3.8, 4) is 5.75 Å². The highest BCUT2D eigenvalue weighted by atomic mass is 35.5. The molecule has 174 valence electrons. The van der Waals surface area contributed by atoms with Crippen LogP contribution in [0.3, 0.4) is 0 Å². The zero-order chi connectivity index (χ0) is 24.6. The molecule has 1 aliphatic rings. The normalized spacial score (nSPS) is 15.5. The van der Waals surface area contributed by atoms with Crippen LogP contribution in [0.2, 0.25) is 5.02 Å². The first kappa shape index (κ1) is 23.4. The van der Waals surface area contributed by atoms with Gasteiger partial charge in [-0.25, -0.2) is 9.79 Å². The monoisotopic (exact) mass is 499 g/mol. The molecule has 3 aromatic rings. The standard InChI is InChI=1S/C23H18ClN3O6S/c1-12-19(22(29)33-3)20(14-6-9-16(24)17(11-14)27(30)31)26-21(28)18(34-23(26)25-12)10-13-4-7-15(32-2)8-5-13/h4-11,20H,1-3H3. The molecule has 1 atom stereocenters. The molecule has 0 amide bonds. The molecule has 9 nitrogen and oxygen atoms in total. The van der Waals surface area contributed by atoms with Gasteiger partial charge < -0.3 is 9.47 Å². The summed E-state index contributed by atoms with van der Waals surface area (Å²) in [5.41, 5.74) is 0.847. The second-order valence-electron chi connectivity index (χ2n) is 7.31. The van der Waals surface area contributed by atoms with Crippen molar-refractivity contribution in [1.29, 1.82) is 0 Å². The summed E-state index contributed by atoms with van der Waals surface area (Å²) in [7, 11) is 2.79. The molecule has 0 bridgehead atoms. The van der Waals surface area contributed by atoms with Crippen molar-refractivity contribution in [2.75, 3.05) is 14.2 Å². The molecule has 4 rings (SSSR count). The number of hydrogen-bond donors (Lipinski definition) is 0. The number of hydrogen-bond acceptors (Lipinski definition) is 8. The molecule has 2 aromatic carbocycles. The third-order valence-electron chi connectivity index (χ3n) is 5.32. The van der Waals surface area contributed by atoms with Crippen molar-refractivity contribution >= 4 is 40.7 Å². The summed E-state index contributed by atoms with van der Waals surface area (Å²) >= 11 is 7.14. The van der Waals surface area contributed by atoms with Gasteiger partial charge in [0.25, 0.3) is 11.2 Å². The number of carbonyl (C=O) groups excluding carboxylic acids is 1. The SMILES string of the molecule is COC(=O)C1=C(C)N=c2sc(=Cc3ccc(OC)cc3)c(=O)n2C1c1ccc(Cl)c([N+](=O)[O-])c1. The van der Waals surface area contributed by atoms with Gasteiger partial charge in [-0.3, -0.25) is 19.5 Å². The fraction of sp³-hybridized carbons (Fsp3) is 0.174. The van der Waals surface area contributed by atoms with Crippen LogP contribution in [-0.4, -0.2) is 29.7 Å². The number of fused-ring (bicyclic) bond motifs is 1. The Kier molecular flexibility index (Phi) is 6.36. The Hall–Kier alpha value is -3.76. The van der Waals surface area contributed by atoms with Gasteiger partial charge in [-0.15, -0.1) is 0 Å². The Bertz CT molecular complexity index is 1520. The molecule has 0 N–H and O–H groups in total. The summed E-state index contributed by atoms with van der Waals surface area (Å²) in [6.45, 7) is 1.63. The van der Waals surface area contributed by atoms with Gasteiger partial charge in [-0.05, 0) is 42.3 Å². The quantitative estimate of drug-likeness (QED) is 0.303. The summed E-state index contributed by atoms with van der Waals surface area (Å²) in [6, 6.07) is 10.4. The third-order valence-corrected chi connectivity index (χ3v) is 6.63. The highest BCUT2D eigenvalue weighted by molar-refractivity contribution is 7.07. The lowest BCUT2D eigenvalue weighted by molar-refractivity contribution is -0.384. The lowest BCUT2D eigenvalue weighted by atomic mass is 9.95. The Morgan fingerprint density at radius 2 is 1.94 bits per heavy atom. The number of aromatic nitrogens is 1. The van der Waals surface area contributed by atoms with Crippen LogP contribution in [0.4, 0.5) is 5.69 Å². The number of nitro benzene ring substituents is 1. The molecule has 0 saturated heterocycles. The molecule has 0 saturated carbocycles. The fourth-order valence-corrected chi connectivity index (χ4v) is 4.93. The summed E-state index contributed by atoms with van der Waals surface area (Å²) in [5.74, 6) is -0.00502. The van der Waals surface area contributed by atoms with Crippen LogP contribution in [0.15, 0.2) is 63.5 Å². The predicted octanol–water partition coefficient (Wildman–Crippen LogP) is 2.98. The maximum absolute atomic E-state index is 13.5. The first-order valence-corrected chi connectivity index (χ1v) is 11.1. The minimum absolute atomic E-state index is 0.0546. The molecular weight excluding hydrogens is 482 g/mol. The maximum atomic E-state index is 13.5. The lowest BCUT2D eigenvalue weighted by Crippen LogP contribution is -2.39. The van der Waals surface area contributed by atoms with E-state index in [1.807, 2.05) is 12.1 Å². The van der Waals surface area contributed by atoms with Gasteiger partial charge in [0.05, 0.1) is 41.0 Å². The van der Waals surface area contributed by atoms with Gasteiger partial charge in [0.1, 0.15) is 10.8 Å². The van der Waals surface area contributed by atoms with E-state index in [1.54, 1.807) is 38.3 Å². The number of ether oxygens (including phenoxy) is 2. The Balaban J connectivity index is 1.97. The smallest absolute Gasteiger partial charge is 0.338 e. The summed E-state index contributed by atoms with van der Waals surface area (Å²) in [5, 5.41) is 11.4. The van der Waals surface area contributed by atoms with Crippen molar-refractivity contribution in [1.82, 2.24) is 4.57 Å². The van der Waals surface area contributed by atoms with E-state index in [-0.39, 0.29) is 16.3 Å². The highest BCUT2D eigenvalue weighted by Crippen LogP contribution is 2.34. The molecule has 2 heterocycles. The van der Waals surface area contributed by atoms with E-state index >= 15 is 0 Å². The van der Waals surface area contributed by atoms with Crippen LogP contribution >= 0.6 is 22.9 Å². The Labute approximate surface area is 202 Å². The number of nitrogens with zero attached hydrogens (tertiary/aromatic N) is 3. The van der Waals surface area contributed by atoms with Crippen LogP contribution in [0.1, 0.15) is 24.1 Å². The van der Waals surface area contributed by atoms with Gasteiger partial charge in [-0.2, -0.15) is 0 Å². The van der Waals surface area contributed by atoms with Gasteiger partial charge in [-0.1, -0.05) is 41.1 Å². The van der Waals surface area contributed by atoms with Crippen molar-refractivity contribution in [3.63, 3.8) is 0 Å². The number of allylic oxidation sites excluding steroid dienone is 1. The van der Waals surface area contributed by atoms with E-state index in [9.17, 15) is 19.7 Å². The van der Waals surface area contributed by atoms with E-state index in [2.05, 4.69) is 4.99 Å². The Morgan fingerprint density at radius 1 is 1.24 bits per heavy atom. The number of thiazole rings is 1. The minimum Gasteiger partial charge on any atom is -0.497 e. The fourth-order valence-electron chi connectivity index (χ4n) is 3.70. The van der Waals surface area contributed by atoms with Crippen molar-refractivity contribution in [3.05, 3.63) is 99.7 Å². The molecule has 34 heavy (non-hydrogen) atoms. The molecule has 0 fully saturated rings. The number of halogens is 1. The van der Waals surface area contributed by atoms with Crippen molar-refractivity contribution < 1.29 is 19.2 Å². The highest BCUT2D eigenvalue weighted by Gasteiger charge is 2.34.